The van der Waals surface area contributed by atoms with Gasteiger partial charge in [0.05, 0.1) is 6.61 Å². The van der Waals surface area contributed by atoms with E-state index in [1.807, 2.05) is 12.1 Å². The average Bonchev–Trinajstić information content (AvgIpc) is 2.28. The van der Waals surface area contributed by atoms with Gasteiger partial charge in [-0.2, -0.15) is 0 Å². The van der Waals surface area contributed by atoms with E-state index in [0.29, 0.717) is 11.5 Å². The van der Waals surface area contributed by atoms with E-state index in [0.717, 1.165) is 0 Å². The van der Waals surface area contributed by atoms with Crippen molar-refractivity contribution in [1.82, 2.24) is 0 Å². The molecule has 3 nitrogen and oxygen atoms in total. The van der Waals surface area contributed by atoms with E-state index in [9.17, 15) is 9.90 Å². The third-order valence-electron chi connectivity index (χ3n) is 2.43. The Hall–Kier alpha value is -1.35. The normalized spacial score (nSPS) is 12.6. The number of esters is 1. The summed E-state index contributed by atoms with van der Waals surface area (Å²) in [6, 6.07) is 7.36. The molecule has 0 bridgehead atoms. The fourth-order valence-corrected chi connectivity index (χ4v) is 1.42. The molecule has 1 atom stereocenters. The molecule has 0 aliphatic carbocycles. The van der Waals surface area contributed by atoms with Crippen LogP contribution >= 0.6 is 0 Å². The van der Waals surface area contributed by atoms with E-state index in [4.69, 9.17) is 4.74 Å². The van der Waals surface area contributed by atoms with E-state index in [2.05, 4.69) is 13.8 Å². The molecule has 0 radical (unpaired) electrons. The molecule has 3 heteroatoms. The molecule has 0 aliphatic heterocycles. The van der Waals surface area contributed by atoms with Crippen molar-refractivity contribution in [3.05, 3.63) is 35.4 Å². The van der Waals surface area contributed by atoms with Gasteiger partial charge in [0, 0.05) is 0 Å². The van der Waals surface area contributed by atoms with E-state index >= 15 is 0 Å². The largest absolute Gasteiger partial charge is 0.464 e. The first-order chi connectivity index (χ1) is 7.56. The predicted molar refractivity (Wildman–Crippen MR) is 62.1 cm³/mol. The second-order valence-corrected chi connectivity index (χ2v) is 3.98. The Morgan fingerprint density at radius 1 is 1.25 bits per heavy atom. The molecule has 0 fully saturated rings. The van der Waals surface area contributed by atoms with Crippen LogP contribution in [0.4, 0.5) is 0 Å². The van der Waals surface area contributed by atoms with E-state index in [1.54, 1.807) is 19.1 Å². The van der Waals surface area contributed by atoms with Crippen LogP contribution in [0.3, 0.4) is 0 Å². The molecule has 0 aromatic heterocycles. The monoisotopic (exact) mass is 222 g/mol. The molecule has 0 heterocycles. The highest BCUT2D eigenvalue weighted by Gasteiger charge is 2.18. The molecule has 0 amide bonds. The van der Waals surface area contributed by atoms with Crippen LogP contribution in [0.15, 0.2) is 24.3 Å². The second kappa shape index (κ2) is 5.66. The number of benzene rings is 1. The first-order valence-corrected chi connectivity index (χ1v) is 5.50. The highest BCUT2D eigenvalue weighted by atomic mass is 16.5. The Morgan fingerprint density at radius 3 is 2.19 bits per heavy atom. The molecule has 0 saturated heterocycles. The topological polar surface area (TPSA) is 46.5 Å². The first-order valence-electron chi connectivity index (χ1n) is 5.50. The summed E-state index contributed by atoms with van der Waals surface area (Å²) < 4.78 is 4.75. The molecule has 0 aliphatic rings. The van der Waals surface area contributed by atoms with Crippen molar-refractivity contribution in [2.75, 3.05) is 6.61 Å². The third-order valence-corrected chi connectivity index (χ3v) is 2.43. The van der Waals surface area contributed by atoms with Gasteiger partial charge in [0.25, 0.3) is 0 Å². The Labute approximate surface area is 96.1 Å². The Kier molecular flexibility index (Phi) is 4.50. The van der Waals surface area contributed by atoms with E-state index in [-0.39, 0.29) is 6.61 Å². The van der Waals surface area contributed by atoms with Gasteiger partial charge in [-0.3, -0.25) is 0 Å². The van der Waals surface area contributed by atoms with Crippen LogP contribution in [0.5, 0.6) is 0 Å². The third kappa shape index (κ3) is 3.07. The van der Waals surface area contributed by atoms with Crippen LogP contribution < -0.4 is 0 Å². The van der Waals surface area contributed by atoms with Crippen molar-refractivity contribution >= 4 is 5.97 Å². The summed E-state index contributed by atoms with van der Waals surface area (Å²) in [6.07, 6.45) is -1.18. The highest BCUT2D eigenvalue weighted by molar-refractivity contribution is 5.76. The van der Waals surface area contributed by atoms with Gasteiger partial charge >= 0.3 is 5.97 Å². The summed E-state index contributed by atoms with van der Waals surface area (Å²) in [5.41, 5.74) is 1.75. The van der Waals surface area contributed by atoms with Gasteiger partial charge in [0.2, 0.25) is 0 Å². The van der Waals surface area contributed by atoms with Crippen molar-refractivity contribution in [3.8, 4) is 0 Å². The van der Waals surface area contributed by atoms with E-state index < -0.39 is 12.1 Å². The smallest absolute Gasteiger partial charge is 0.339 e. The Bertz CT molecular complexity index is 341. The average molecular weight is 222 g/mol. The fraction of sp³-hybridized carbons (Fsp3) is 0.462. The molecule has 16 heavy (non-hydrogen) atoms. The van der Waals surface area contributed by atoms with Crippen molar-refractivity contribution in [2.45, 2.75) is 32.8 Å². The van der Waals surface area contributed by atoms with Crippen molar-refractivity contribution in [2.24, 2.45) is 0 Å². The number of carbonyl (C=O) groups is 1. The number of aliphatic hydroxyl groups excluding tert-OH is 1. The Morgan fingerprint density at radius 2 is 1.75 bits per heavy atom. The van der Waals surface area contributed by atoms with Crippen LogP contribution in [0.1, 0.15) is 43.9 Å². The van der Waals surface area contributed by atoms with Gasteiger partial charge in [-0.15, -0.1) is 0 Å². The Balaban J connectivity index is 2.77. The lowest BCUT2D eigenvalue weighted by Gasteiger charge is -2.11. The molecule has 0 unspecified atom stereocenters. The van der Waals surface area contributed by atoms with Gasteiger partial charge in [-0.25, -0.2) is 4.79 Å². The molecular weight excluding hydrogens is 204 g/mol. The highest BCUT2D eigenvalue weighted by Crippen LogP contribution is 2.19. The van der Waals surface area contributed by atoms with Crippen LogP contribution in [-0.2, 0) is 9.53 Å². The summed E-state index contributed by atoms with van der Waals surface area (Å²) in [5, 5.41) is 9.68. The second-order valence-electron chi connectivity index (χ2n) is 3.98. The lowest BCUT2D eigenvalue weighted by atomic mass is 10.00. The summed E-state index contributed by atoms with van der Waals surface area (Å²) >= 11 is 0. The number of rotatable bonds is 4. The molecular formula is C13H18O3. The number of carbonyl (C=O) groups excluding carboxylic acids is 1. The summed E-state index contributed by atoms with van der Waals surface area (Å²) in [4.78, 5) is 11.3. The minimum absolute atomic E-state index is 0.278. The molecule has 1 aromatic carbocycles. The van der Waals surface area contributed by atoms with Crippen molar-refractivity contribution < 1.29 is 14.6 Å². The molecule has 0 spiro atoms. The molecule has 88 valence electrons. The maximum absolute atomic E-state index is 11.3. The zero-order valence-electron chi connectivity index (χ0n) is 9.93. The predicted octanol–water partition coefficient (Wildman–Crippen LogP) is 2.41. The molecule has 1 aromatic rings. The SMILES string of the molecule is CCOC(=O)[C@H](O)c1ccc(C(C)C)cc1. The van der Waals surface area contributed by atoms with Gasteiger partial charge in [0.15, 0.2) is 6.10 Å². The lowest BCUT2D eigenvalue weighted by molar-refractivity contribution is -0.153. The summed E-state index contributed by atoms with van der Waals surface area (Å²) in [5.74, 6) is -0.159. The van der Waals surface area contributed by atoms with E-state index in [1.165, 1.54) is 5.56 Å². The number of aliphatic hydroxyl groups is 1. The van der Waals surface area contributed by atoms with Crippen LogP contribution in [-0.4, -0.2) is 17.7 Å². The number of hydrogen-bond donors (Lipinski definition) is 1. The summed E-state index contributed by atoms with van der Waals surface area (Å²) in [7, 11) is 0. The van der Waals surface area contributed by atoms with Crippen LogP contribution in [0.2, 0.25) is 0 Å². The molecule has 0 saturated carbocycles. The minimum Gasteiger partial charge on any atom is -0.464 e. The maximum atomic E-state index is 11.3. The fourth-order valence-electron chi connectivity index (χ4n) is 1.42. The minimum atomic E-state index is -1.18. The zero-order chi connectivity index (χ0) is 12.1. The number of hydrogen-bond acceptors (Lipinski definition) is 3. The first kappa shape index (κ1) is 12.7. The molecule has 1 rings (SSSR count). The van der Waals surface area contributed by atoms with Crippen molar-refractivity contribution in [1.29, 1.82) is 0 Å². The number of ether oxygens (including phenoxy) is 1. The van der Waals surface area contributed by atoms with Gasteiger partial charge < -0.3 is 9.84 Å². The molecule has 1 N–H and O–H groups in total. The summed E-state index contributed by atoms with van der Waals surface area (Å²) in [6.45, 7) is 6.18. The van der Waals surface area contributed by atoms with Gasteiger partial charge in [-0.05, 0) is 24.0 Å². The van der Waals surface area contributed by atoms with Crippen LogP contribution in [0.25, 0.3) is 0 Å². The standard InChI is InChI=1S/C13H18O3/c1-4-16-13(15)12(14)11-7-5-10(6-8-11)9(2)3/h5-9,12,14H,4H2,1-3H3/t12-/m1/s1. The van der Waals surface area contributed by atoms with Gasteiger partial charge in [-0.1, -0.05) is 38.1 Å². The maximum Gasteiger partial charge on any atom is 0.339 e. The quantitative estimate of drug-likeness (QED) is 0.796. The van der Waals surface area contributed by atoms with Gasteiger partial charge in [0.1, 0.15) is 0 Å². The lowest BCUT2D eigenvalue weighted by Crippen LogP contribution is -2.15. The van der Waals surface area contributed by atoms with Crippen LogP contribution in [0, 0.1) is 0 Å². The zero-order valence-corrected chi connectivity index (χ0v) is 9.93. The van der Waals surface area contributed by atoms with Crippen molar-refractivity contribution in [3.63, 3.8) is 0 Å².